The molecule has 0 fully saturated rings. The monoisotopic (exact) mass is 286 g/mol. The van der Waals surface area contributed by atoms with Crippen LogP contribution in [0.5, 0.6) is 5.75 Å². The highest BCUT2D eigenvalue weighted by atomic mass is 19.4. The number of aliphatic hydroxyl groups excluding tert-OH is 1. The minimum Gasteiger partial charge on any atom is -0.406 e. The van der Waals surface area contributed by atoms with Crippen LogP contribution in [-0.2, 0) is 0 Å². The fourth-order valence-corrected chi connectivity index (χ4v) is 2.38. The Kier molecular flexibility index (Phi) is 4.70. The van der Waals surface area contributed by atoms with Crippen LogP contribution in [0, 0.1) is 0 Å². The molecule has 1 atom stereocenters. The number of allylic oxidation sites excluding steroid dienone is 1. The van der Waals surface area contributed by atoms with E-state index in [1.54, 1.807) is 6.07 Å². The zero-order chi connectivity index (χ0) is 14.6. The highest BCUT2D eigenvalue weighted by Crippen LogP contribution is 2.30. The smallest absolute Gasteiger partial charge is 0.406 e. The van der Waals surface area contributed by atoms with Crippen LogP contribution in [0.25, 0.3) is 0 Å². The summed E-state index contributed by atoms with van der Waals surface area (Å²) in [6.07, 6.45) is 1.31. The average molecular weight is 286 g/mol. The number of aliphatic hydroxyl groups is 1. The van der Waals surface area contributed by atoms with Crippen LogP contribution >= 0.6 is 0 Å². The van der Waals surface area contributed by atoms with Gasteiger partial charge in [-0.1, -0.05) is 23.8 Å². The molecule has 2 nitrogen and oxygen atoms in total. The first-order valence-corrected chi connectivity index (χ1v) is 6.66. The molecule has 1 aromatic rings. The van der Waals surface area contributed by atoms with Gasteiger partial charge in [0.25, 0.3) is 0 Å². The molecule has 1 aliphatic rings. The third-order valence-electron chi connectivity index (χ3n) is 3.32. The first-order valence-electron chi connectivity index (χ1n) is 6.66. The van der Waals surface area contributed by atoms with Gasteiger partial charge in [-0.25, -0.2) is 0 Å². The third-order valence-corrected chi connectivity index (χ3v) is 3.32. The van der Waals surface area contributed by atoms with Crippen molar-refractivity contribution >= 4 is 0 Å². The van der Waals surface area contributed by atoms with Crippen molar-refractivity contribution in [2.45, 2.75) is 44.6 Å². The molecular weight excluding hydrogens is 269 g/mol. The van der Waals surface area contributed by atoms with Gasteiger partial charge in [0, 0.05) is 0 Å². The molecule has 1 unspecified atom stereocenters. The van der Waals surface area contributed by atoms with E-state index in [1.807, 2.05) is 0 Å². The average Bonchev–Trinajstić information content (AvgIpc) is 2.38. The Morgan fingerprint density at radius 2 is 2.05 bits per heavy atom. The minimum absolute atomic E-state index is 0.299. The van der Waals surface area contributed by atoms with E-state index >= 15 is 0 Å². The van der Waals surface area contributed by atoms with Gasteiger partial charge >= 0.3 is 6.36 Å². The van der Waals surface area contributed by atoms with E-state index in [0.717, 1.165) is 25.7 Å². The summed E-state index contributed by atoms with van der Waals surface area (Å²) < 4.78 is 40.3. The molecule has 0 aromatic heterocycles. The van der Waals surface area contributed by atoms with E-state index in [0.29, 0.717) is 12.0 Å². The van der Waals surface area contributed by atoms with Gasteiger partial charge in [-0.05, 0) is 49.8 Å². The number of rotatable bonds is 4. The highest BCUT2D eigenvalue weighted by molar-refractivity contribution is 5.30. The van der Waals surface area contributed by atoms with Crippen LogP contribution in [0.15, 0.2) is 35.9 Å². The molecule has 0 amide bonds. The summed E-state index contributed by atoms with van der Waals surface area (Å²) >= 11 is 0. The van der Waals surface area contributed by atoms with E-state index in [-0.39, 0.29) is 5.75 Å². The maximum atomic E-state index is 12.2. The van der Waals surface area contributed by atoms with Crippen LogP contribution in [0.2, 0.25) is 0 Å². The normalized spacial score (nSPS) is 17.5. The molecule has 1 N–H and O–H groups in total. The zero-order valence-electron chi connectivity index (χ0n) is 11.0. The van der Waals surface area contributed by atoms with E-state index in [9.17, 15) is 18.3 Å². The zero-order valence-corrected chi connectivity index (χ0v) is 11.0. The van der Waals surface area contributed by atoms with Crippen LogP contribution in [-0.4, -0.2) is 11.5 Å². The van der Waals surface area contributed by atoms with Gasteiger partial charge in [0.2, 0.25) is 0 Å². The van der Waals surface area contributed by atoms with Crippen LogP contribution in [0.4, 0.5) is 13.2 Å². The van der Waals surface area contributed by atoms with Crippen molar-refractivity contribution in [1.82, 2.24) is 0 Å². The van der Waals surface area contributed by atoms with Crippen molar-refractivity contribution in [2.75, 3.05) is 0 Å². The minimum atomic E-state index is -4.71. The van der Waals surface area contributed by atoms with Crippen molar-refractivity contribution in [3.05, 3.63) is 41.5 Å². The third kappa shape index (κ3) is 4.56. The largest absolute Gasteiger partial charge is 0.573 e. The molecule has 2 rings (SSSR count). The first kappa shape index (κ1) is 14.9. The van der Waals surface area contributed by atoms with Crippen LogP contribution in [0.3, 0.4) is 0 Å². The molecule has 1 aromatic carbocycles. The van der Waals surface area contributed by atoms with Gasteiger partial charge in [0.1, 0.15) is 5.75 Å². The summed E-state index contributed by atoms with van der Waals surface area (Å²) in [7, 11) is 0. The van der Waals surface area contributed by atoms with Crippen molar-refractivity contribution in [3.8, 4) is 5.75 Å². The quantitative estimate of drug-likeness (QED) is 0.825. The molecular formula is C15H17F3O2. The van der Waals surface area contributed by atoms with Crippen LogP contribution in [0.1, 0.15) is 43.8 Å². The first-order chi connectivity index (χ1) is 9.44. The van der Waals surface area contributed by atoms with E-state index in [1.165, 1.54) is 23.8 Å². The number of halogens is 3. The highest BCUT2D eigenvalue weighted by Gasteiger charge is 2.31. The SMILES string of the molecule is OC(CC1=CCCCC1)c1cccc(OC(F)(F)F)c1. The number of hydrogen-bond donors (Lipinski definition) is 1. The summed E-state index contributed by atoms with van der Waals surface area (Å²) in [4.78, 5) is 0. The summed E-state index contributed by atoms with van der Waals surface area (Å²) in [6, 6.07) is 5.53. The second kappa shape index (κ2) is 6.31. The Balaban J connectivity index is 2.04. The fraction of sp³-hybridized carbons (Fsp3) is 0.467. The summed E-state index contributed by atoms with van der Waals surface area (Å²) in [5, 5.41) is 10.1. The summed E-state index contributed by atoms with van der Waals surface area (Å²) in [5.41, 5.74) is 1.61. The Hall–Kier alpha value is -1.49. The second-order valence-electron chi connectivity index (χ2n) is 4.95. The fourth-order valence-electron chi connectivity index (χ4n) is 2.38. The van der Waals surface area contributed by atoms with E-state index in [2.05, 4.69) is 10.8 Å². The maximum Gasteiger partial charge on any atom is 0.573 e. The lowest BCUT2D eigenvalue weighted by Gasteiger charge is -2.17. The lowest BCUT2D eigenvalue weighted by Crippen LogP contribution is -2.17. The molecule has 0 bridgehead atoms. The van der Waals surface area contributed by atoms with Crippen molar-refractivity contribution in [1.29, 1.82) is 0 Å². The van der Waals surface area contributed by atoms with Crippen molar-refractivity contribution in [2.24, 2.45) is 0 Å². The molecule has 0 radical (unpaired) electrons. The van der Waals surface area contributed by atoms with Gasteiger partial charge in [0.15, 0.2) is 0 Å². The predicted molar refractivity (Wildman–Crippen MR) is 69.3 cm³/mol. The Labute approximate surface area is 115 Å². The van der Waals surface area contributed by atoms with Gasteiger partial charge in [-0.15, -0.1) is 13.2 Å². The Morgan fingerprint density at radius 3 is 2.70 bits per heavy atom. The van der Waals surface area contributed by atoms with E-state index in [4.69, 9.17) is 0 Å². The van der Waals surface area contributed by atoms with Crippen molar-refractivity contribution < 1.29 is 23.0 Å². The Bertz CT molecular complexity index is 480. The molecule has 0 spiro atoms. The number of hydrogen-bond acceptors (Lipinski definition) is 2. The number of alkyl halides is 3. The van der Waals surface area contributed by atoms with Crippen LogP contribution < -0.4 is 4.74 Å². The topological polar surface area (TPSA) is 29.5 Å². The standard InChI is InChI=1S/C15H17F3O2/c16-15(17,18)20-13-8-4-7-12(10-13)14(19)9-11-5-2-1-3-6-11/h4-5,7-8,10,14,19H,1-3,6,9H2. The van der Waals surface area contributed by atoms with Gasteiger partial charge in [-0.3, -0.25) is 0 Å². The molecule has 5 heteroatoms. The van der Waals surface area contributed by atoms with Gasteiger partial charge in [-0.2, -0.15) is 0 Å². The van der Waals surface area contributed by atoms with E-state index < -0.39 is 12.5 Å². The maximum absolute atomic E-state index is 12.2. The molecule has 1 aliphatic carbocycles. The second-order valence-corrected chi connectivity index (χ2v) is 4.95. The number of ether oxygens (including phenoxy) is 1. The molecule has 20 heavy (non-hydrogen) atoms. The number of benzene rings is 1. The molecule has 0 saturated carbocycles. The Morgan fingerprint density at radius 1 is 1.25 bits per heavy atom. The lowest BCUT2D eigenvalue weighted by atomic mass is 9.93. The molecule has 0 heterocycles. The van der Waals surface area contributed by atoms with Gasteiger partial charge in [0.05, 0.1) is 6.10 Å². The molecule has 0 saturated heterocycles. The predicted octanol–water partition coefficient (Wildman–Crippen LogP) is 4.51. The summed E-state index contributed by atoms with van der Waals surface area (Å²) in [6.45, 7) is 0. The summed E-state index contributed by atoms with van der Waals surface area (Å²) in [5.74, 6) is -0.299. The lowest BCUT2D eigenvalue weighted by molar-refractivity contribution is -0.274. The molecule has 0 aliphatic heterocycles. The van der Waals surface area contributed by atoms with Crippen molar-refractivity contribution in [3.63, 3.8) is 0 Å². The molecule has 110 valence electrons. The van der Waals surface area contributed by atoms with Gasteiger partial charge < -0.3 is 9.84 Å².